The van der Waals surface area contributed by atoms with Gasteiger partial charge in [-0.15, -0.1) is 0 Å². The van der Waals surface area contributed by atoms with Crippen molar-refractivity contribution in [2.75, 3.05) is 11.9 Å². The Morgan fingerprint density at radius 2 is 1.85 bits per heavy atom. The van der Waals surface area contributed by atoms with Crippen molar-refractivity contribution in [2.45, 2.75) is 52.0 Å². The number of nitrogens with one attached hydrogen (secondary N) is 2. The minimum Gasteiger partial charge on any atom is -0.326 e. The van der Waals surface area contributed by atoms with Crippen molar-refractivity contribution >= 4 is 11.6 Å². The predicted molar refractivity (Wildman–Crippen MR) is 83.6 cm³/mol. The zero-order valence-corrected chi connectivity index (χ0v) is 12.5. The number of hydrogen-bond donors (Lipinski definition) is 2. The Balaban J connectivity index is 1.99. The highest BCUT2D eigenvalue weighted by Crippen LogP contribution is 2.25. The molecule has 0 radical (unpaired) electrons. The highest BCUT2D eigenvalue weighted by Gasteiger charge is 2.20. The van der Waals surface area contributed by atoms with Crippen LogP contribution in [0.5, 0.6) is 0 Å². The lowest BCUT2D eigenvalue weighted by Crippen LogP contribution is -2.23. The lowest BCUT2D eigenvalue weighted by Gasteiger charge is -2.16. The summed E-state index contributed by atoms with van der Waals surface area (Å²) in [4.78, 5) is 12.4. The van der Waals surface area contributed by atoms with Crippen LogP contribution < -0.4 is 10.6 Å². The first kappa shape index (κ1) is 15.0. The first-order valence-electron chi connectivity index (χ1n) is 7.90. The molecule has 3 nitrogen and oxygen atoms in total. The first-order valence-corrected chi connectivity index (χ1v) is 7.90. The van der Waals surface area contributed by atoms with Gasteiger partial charge in [0.15, 0.2) is 0 Å². The normalized spacial score (nSPS) is 16.6. The van der Waals surface area contributed by atoms with Crippen LogP contribution in [-0.4, -0.2) is 12.5 Å². The molecule has 0 spiro atoms. The van der Waals surface area contributed by atoms with E-state index in [1.807, 2.05) is 18.2 Å². The van der Waals surface area contributed by atoms with Gasteiger partial charge in [-0.25, -0.2) is 0 Å². The third kappa shape index (κ3) is 4.34. The minimum atomic E-state index is 0.199. The van der Waals surface area contributed by atoms with Crippen molar-refractivity contribution in [1.82, 2.24) is 5.32 Å². The van der Waals surface area contributed by atoms with Crippen molar-refractivity contribution < 1.29 is 4.79 Å². The molecule has 1 aliphatic carbocycles. The van der Waals surface area contributed by atoms with Gasteiger partial charge in [-0.1, -0.05) is 50.8 Å². The van der Waals surface area contributed by atoms with Gasteiger partial charge in [-0.3, -0.25) is 4.79 Å². The molecule has 3 heteroatoms. The molecule has 0 unspecified atom stereocenters. The third-order valence-corrected chi connectivity index (χ3v) is 4.07. The van der Waals surface area contributed by atoms with Gasteiger partial charge in [0, 0.05) is 18.2 Å². The topological polar surface area (TPSA) is 41.1 Å². The number of para-hydroxylation sites is 1. The van der Waals surface area contributed by atoms with Gasteiger partial charge in [0.25, 0.3) is 0 Å². The average molecular weight is 274 g/mol. The predicted octanol–water partition coefficient (Wildman–Crippen LogP) is 3.71. The number of anilines is 1. The average Bonchev–Trinajstić information content (AvgIpc) is 2.75. The Morgan fingerprint density at radius 3 is 2.55 bits per heavy atom. The van der Waals surface area contributed by atoms with Crippen molar-refractivity contribution in [3.63, 3.8) is 0 Å². The highest BCUT2D eigenvalue weighted by atomic mass is 16.1. The van der Waals surface area contributed by atoms with Crippen LogP contribution in [-0.2, 0) is 11.3 Å². The van der Waals surface area contributed by atoms with Crippen molar-refractivity contribution in [2.24, 2.45) is 5.92 Å². The van der Waals surface area contributed by atoms with Gasteiger partial charge in [0.05, 0.1) is 0 Å². The molecule has 0 aromatic heterocycles. The summed E-state index contributed by atoms with van der Waals surface area (Å²) in [6.07, 6.45) is 7.03. The molecule has 0 aliphatic heterocycles. The van der Waals surface area contributed by atoms with E-state index in [1.54, 1.807) is 0 Å². The maximum atomic E-state index is 12.4. The van der Waals surface area contributed by atoms with Crippen molar-refractivity contribution in [3.05, 3.63) is 29.8 Å². The molecule has 0 bridgehead atoms. The van der Waals surface area contributed by atoms with Gasteiger partial charge in [-0.05, 0) is 31.0 Å². The molecule has 1 aromatic carbocycles. The Kier molecular flexibility index (Phi) is 6.06. The first-order chi connectivity index (χ1) is 9.81. The van der Waals surface area contributed by atoms with Gasteiger partial charge >= 0.3 is 0 Å². The summed E-state index contributed by atoms with van der Waals surface area (Å²) in [6.45, 7) is 3.83. The van der Waals surface area contributed by atoms with Crippen LogP contribution in [0.25, 0.3) is 0 Å². The van der Waals surface area contributed by atoms with Gasteiger partial charge in [0.2, 0.25) is 5.91 Å². The molecular formula is C17H26N2O. The SMILES string of the molecule is CCNCc1ccccc1NC(=O)C1CCCCCC1. The van der Waals surface area contributed by atoms with E-state index in [2.05, 4.69) is 23.6 Å². The van der Waals surface area contributed by atoms with E-state index in [0.717, 1.165) is 37.2 Å². The molecule has 110 valence electrons. The number of carbonyl (C=O) groups is 1. The van der Waals surface area contributed by atoms with Crippen LogP contribution in [0.2, 0.25) is 0 Å². The summed E-state index contributed by atoms with van der Waals surface area (Å²) in [7, 11) is 0. The zero-order chi connectivity index (χ0) is 14.2. The molecule has 1 saturated carbocycles. The Labute approximate surface area is 122 Å². The second-order valence-electron chi connectivity index (χ2n) is 5.62. The molecule has 0 saturated heterocycles. The highest BCUT2D eigenvalue weighted by molar-refractivity contribution is 5.93. The number of amides is 1. The van der Waals surface area contributed by atoms with E-state index >= 15 is 0 Å². The number of rotatable bonds is 5. The Bertz CT molecular complexity index is 423. The fourth-order valence-corrected chi connectivity index (χ4v) is 2.83. The summed E-state index contributed by atoms with van der Waals surface area (Å²) in [5.74, 6) is 0.403. The summed E-state index contributed by atoms with van der Waals surface area (Å²) in [6, 6.07) is 8.08. The van der Waals surface area contributed by atoms with E-state index in [0.29, 0.717) is 0 Å². The zero-order valence-electron chi connectivity index (χ0n) is 12.5. The van der Waals surface area contributed by atoms with Gasteiger partial charge < -0.3 is 10.6 Å². The van der Waals surface area contributed by atoms with E-state index in [-0.39, 0.29) is 11.8 Å². The molecule has 1 fully saturated rings. The van der Waals surface area contributed by atoms with Crippen LogP contribution in [0, 0.1) is 5.92 Å². The maximum absolute atomic E-state index is 12.4. The van der Waals surface area contributed by atoms with E-state index < -0.39 is 0 Å². The second kappa shape index (κ2) is 8.05. The maximum Gasteiger partial charge on any atom is 0.227 e. The minimum absolute atomic E-state index is 0.199. The van der Waals surface area contributed by atoms with Crippen molar-refractivity contribution in [1.29, 1.82) is 0 Å². The van der Waals surface area contributed by atoms with Crippen LogP contribution in [0.3, 0.4) is 0 Å². The van der Waals surface area contributed by atoms with E-state index in [1.165, 1.54) is 25.7 Å². The van der Waals surface area contributed by atoms with Gasteiger partial charge in [-0.2, -0.15) is 0 Å². The number of benzene rings is 1. The summed E-state index contributed by atoms with van der Waals surface area (Å²) in [5.41, 5.74) is 2.12. The van der Waals surface area contributed by atoms with Crippen LogP contribution in [0.4, 0.5) is 5.69 Å². The Hall–Kier alpha value is -1.35. The van der Waals surface area contributed by atoms with Crippen LogP contribution >= 0.6 is 0 Å². The molecule has 0 heterocycles. The van der Waals surface area contributed by atoms with E-state index in [9.17, 15) is 4.79 Å². The fourth-order valence-electron chi connectivity index (χ4n) is 2.83. The molecule has 1 amide bonds. The second-order valence-corrected chi connectivity index (χ2v) is 5.62. The standard InChI is InChI=1S/C17H26N2O/c1-2-18-13-15-11-7-8-12-16(15)19-17(20)14-9-5-3-4-6-10-14/h7-8,11-12,14,18H,2-6,9-10,13H2,1H3,(H,19,20). The lowest BCUT2D eigenvalue weighted by atomic mass is 9.99. The Morgan fingerprint density at radius 1 is 1.15 bits per heavy atom. The van der Waals surface area contributed by atoms with Crippen LogP contribution in [0.1, 0.15) is 51.0 Å². The summed E-state index contributed by atoms with van der Waals surface area (Å²) in [5, 5.41) is 6.45. The summed E-state index contributed by atoms with van der Waals surface area (Å²) < 4.78 is 0. The largest absolute Gasteiger partial charge is 0.326 e. The van der Waals surface area contributed by atoms with Gasteiger partial charge in [0.1, 0.15) is 0 Å². The molecular weight excluding hydrogens is 248 g/mol. The smallest absolute Gasteiger partial charge is 0.227 e. The van der Waals surface area contributed by atoms with E-state index in [4.69, 9.17) is 0 Å². The van der Waals surface area contributed by atoms with Crippen LogP contribution in [0.15, 0.2) is 24.3 Å². The molecule has 2 N–H and O–H groups in total. The molecule has 20 heavy (non-hydrogen) atoms. The lowest BCUT2D eigenvalue weighted by molar-refractivity contribution is -0.120. The third-order valence-electron chi connectivity index (χ3n) is 4.07. The number of hydrogen-bond acceptors (Lipinski definition) is 2. The fraction of sp³-hybridized carbons (Fsp3) is 0.588. The molecule has 2 rings (SSSR count). The monoisotopic (exact) mass is 274 g/mol. The molecule has 0 atom stereocenters. The molecule has 1 aliphatic rings. The summed E-state index contributed by atoms with van der Waals surface area (Å²) >= 11 is 0. The number of carbonyl (C=O) groups excluding carboxylic acids is 1. The molecule has 1 aromatic rings. The quantitative estimate of drug-likeness (QED) is 0.804. The van der Waals surface area contributed by atoms with Crippen molar-refractivity contribution in [3.8, 4) is 0 Å².